The highest BCUT2D eigenvalue weighted by atomic mass is 32.2. The maximum atomic E-state index is 13.3. The van der Waals surface area contributed by atoms with Gasteiger partial charge in [0.25, 0.3) is 0 Å². The van der Waals surface area contributed by atoms with Crippen molar-refractivity contribution in [2.24, 2.45) is 11.8 Å². The minimum absolute atomic E-state index is 0.0658. The number of hydrogen-bond acceptors (Lipinski definition) is 5. The van der Waals surface area contributed by atoms with Crippen molar-refractivity contribution in [2.75, 3.05) is 7.11 Å². The predicted octanol–water partition coefficient (Wildman–Crippen LogP) is 3.76. The molecule has 1 heterocycles. The molecule has 1 N–H and O–H groups in total. The molecule has 0 unspecified atom stereocenters. The second kappa shape index (κ2) is 9.91. The van der Waals surface area contributed by atoms with E-state index in [4.69, 9.17) is 4.74 Å². The van der Waals surface area contributed by atoms with Gasteiger partial charge in [-0.15, -0.1) is 0 Å². The van der Waals surface area contributed by atoms with Crippen molar-refractivity contribution in [1.29, 1.82) is 0 Å². The SMILES string of the molecule is COc1ccc(CN2C(=O)[C@@H]3CCCC[C@H]3C2=O)cc1S(=O)(=O)NC1CCCCCCC1. The Kier molecular flexibility index (Phi) is 7.20. The summed E-state index contributed by atoms with van der Waals surface area (Å²) in [6.07, 6.45) is 10.7. The van der Waals surface area contributed by atoms with Crippen LogP contribution in [0.15, 0.2) is 23.1 Å². The van der Waals surface area contributed by atoms with Gasteiger partial charge in [-0.3, -0.25) is 14.5 Å². The van der Waals surface area contributed by atoms with Gasteiger partial charge in [0.15, 0.2) is 0 Å². The molecule has 1 aromatic rings. The van der Waals surface area contributed by atoms with Crippen LogP contribution in [0.3, 0.4) is 0 Å². The Morgan fingerprint density at radius 2 is 1.47 bits per heavy atom. The molecular formula is C24H34N2O5S. The summed E-state index contributed by atoms with van der Waals surface area (Å²) < 4.78 is 34.7. The molecule has 0 radical (unpaired) electrons. The summed E-state index contributed by atoms with van der Waals surface area (Å²) >= 11 is 0. The normalized spacial score (nSPS) is 25.3. The molecule has 8 heteroatoms. The summed E-state index contributed by atoms with van der Waals surface area (Å²) in [5, 5.41) is 0. The highest BCUT2D eigenvalue weighted by Gasteiger charge is 2.47. The Balaban J connectivity index is 1.54. The maximum Gasteiger partial charge on any atom is 0.244 e. The van der Waals surface area contributed by atoms with Crippen molar-refractivity contribution in [3.8, 4) is 5.75 Å². The zero-order chi connectivity index (χ0) is 22.7. The highest BCUT2D eigenvalue weighted by molar-refractivity contribution is 7.89. The van der Waals surface area contributed by atoms with Crippen LogP contribution in [0.1, 0.15) is 76.2 Å². The van der Waals surface area contributed by atoms with Crippen LogP contribution in [0.2, 0.25) is 0 Å². The fourth-order valence-corrected chi connectivity index (χ4v) is 6.98. The Bertz CT molecular complexity index is 929. The number of likely N-dealkylation sites (tertiary alicyclic amines) is 1. The van der Waals surface area contributed by atoms with Crippen molar-refractivity contribution in [2.45, 2.75) is 88.1 Å². The molecule has 176 valence electrons. The minimum Gasteiger partial charge on any atom is -0.495 e. The molecule has 3 aliphatic rings. The number of methoxy groups -OCH3 is 1. The lowest BCUT2D eigenvalue weighted by Gasteiger charge is -2.22. The number of nitrogens with zero attached hydrogens (tertiary/aromatic N) is 1. The summed E-state index contributed by atoms with van der Waals surface area (Å²) in [4.78, 5) is 27.1. The van der Waals surface area contributed by atoms with Crippen LogP contribution in [-0.4, -0.2) is 38.3 Å². The van der Waals surface area contributed by atoms with E-state index in [0.717, 1.165) is 64.2 Å². The molecular weight excluding hydrogens is 428 g/mol. The van der Waals surface area contributed by atoms with E-state index in [1.165, 1.54) is 18.4 Å². The molecule has 4 rings (SSSR count). The quantitative estimate of drug-likeness (QED) is 0.650. The molecule has 7 nitrogen and oxygen atoms in total. The van der Waals surface area contributed by atoms with Gasteiger partial charge >= 0.3 is 0 Å². The molecule has 3 fully saturated rings. The third-order valence-corrected chi connectivity index (χ3v) is 8.76. The van der Waals surface area contributed by atoms with Crippen LogP contribution < -0.4 is 9.46 Å². The Labute approximate surface area is 190 Å². The zero-order valence-corrected chi connectivity index (χ0v) is 19.7. The van der Waals surface area contributed by atoms with Gasteiger partial charge in [-0.1, -0.05) is 51.0 Å². The molecule has 0 bridgehead atoms. The summed E-state index contributed by atoms with van der Waals surface area (Å²) in [6.45, 7) is 0.0978. The predicted molar refractivity (Wildman–Crippen MR) is 120 cm³/mol. The summed E-state index contributed by atoms with van der Waals surface area (Å²) in [7, 11) is -2.35. The van der Waals surface area contributed by atoms with Crippen molar-refractivity contribution in [1.82, 2.24) is 9.62 Å². The molecule has 1 saturated heterocycles. The highest BCUT2D eigenvalue weighted by Crippen LogP contribution is 2.39. The Hall–Kier alpha value is -1.93. The van der Waals surface area contributed by atoms with Gasteiger partial charge in [-0.05, 0) is 43.4 Å². The van der Waals surface area contributed by atoms with Crippen LogP contribution in [0.5, 0.6) is 5.75 Å². The van der Waals surface area contributed by atoms with Crippen LogP contribution in [0, 0.1) is 11.8 Å². The molecule has 0 aromatic heterocycles. The first kappa shape index (κ1) is 23.2. The number of sulfonamides is 1. The second-order valence-electron chi connectivity index (χ2n) is 9.41. The number of hydrogen-bond donors (Lipinski definition) is 1. The van der Waals surface area contributed by atoms with Gasteiger partial charge < -0.3 is 4.74 Å². The summed E-state index contributed by atoms with van der Waals surface area (Å²) in [5.41, 5.74) is 0.615. The molecule has 0 spiro atoms. The van der Waals surface area contributed by atoms with Crippen molar-refractivity contribution in [3.05, 3.63) is 23.8 Å². The van der Waals surface area contributed by atoms with Crippen LogP contribution in [-0.2, 0) is 26.2 Å². The number of carbonyl (C=O) groups excluding carboxylic acids is 2. The monoisotopic (exact) mass is 462 g/mol. The number of imide groups is 1. The number of ether oxygens (including phenoxy) is 1. The smallest absolute Gasteiger partial charge is 0.244 e. The molecule has 2 atom stereocenters. The Morgan fingerprint density at radius 1 is 0.906 bits per heavy atom. The van der Waals surface area contributed by atoms with Crippen LogP contribution in [0.25, 0.3) is 0 Å². The zero-order valence-electron chi connectivity index (χ0n) is 18.8. The molecule has 1 aromatic carbocycles. The fourth-order valence-electron chi connectivity index (χ4n) is 5.46. The first-order chi connectivity index (χ1) is 15.4. The largest absolute Gasteiger partial charge is 0.495 e. The van der Waals surface area contributed by atoms with E-state index in [9.17, 15) is 18.0 Å². The van der Waals surface area contributed by atoms with E-state index in [1.807, 2.05) is 0 Å². The number of carbonyl (C=O) groups is 2. The summed E-state index contributed by atoms with van der Waals surface area (Å²) in [5.74, 6) is -0.391. The number of amides is 2. The lowest BCUT2D eigenvalue weighted by Crippen LogP contribution is -2.35. The van der Waals surface area contributed by atoms with Gasteiger partial charge in [-0.25, -0.2) is 13.1 Å². The van der Waals surface area contributed by atoms with Gasteiger partial charge in [0.05, 0.1) is 25.5 Å². The average Bonchev–Trinajstić information content (AvgIpc) is 3.00. The van der Waals surface area contributed by atoms with Crippen LogP contribution >= 0.6 is 0 Å². The number of benzene rings is 1. The van der Waals surface area contributed by atoms with E-state index in [0.29, 0.717) is 5.56 Å². The van der Waals surface area contributed by atoms with Crippen LogP contribution in [0.4, 0.5) is 0 Å². The van der Waals surface area contributed by atoms with E-state index in [-0.39, 0.29) is 46.9 Å². The minimum atomic E-state index is -3.80. The topological polar surface area (TPSA) is 92.8 Å². The molecule has 2 aliphatic carbocycles. The van der Waals surface area contributed by atoms with E-state index in [1.54, 1.807) is 18.2 Å². The molecule has 1 aliphatic heterocycles. The molecule has 2 amide bonds. The third kappa shape index (κ3) is 4.86. The second-order valence-corrected chi connectivity index (χ2v) is 11.1. The first-order valence-electron chi connectivity index (χ1n) is 11.9. The summed E-state index contributed by atoms with van der Waals surface area (Å²) in [6, 6.07) is 4.81. The average molecular weight is 463 g/mol. The lowest BCUT2D eigenvalue weighted by atomic mass is 9.81. The van der Waals surface area contributed by atoms with Gasteiger partial charge in [0.2, 0.25) is 21.8 Å². The van der Waals surface area contributed by atoms with Crippen molar-refractivity contribution >= 4 is 21.8 Å². The van der Waals surface area contributed by atoms with E-state index in [2.05, 4.69) is 4.72 Å². The van der Waals surface area contributed by atoms with Gasteiger partial charge in [0, 0.05) is 6.04 Å². The fraction of sp³-hybridized carbons (Fsp3) is 0.667. The lowest BCUT2D eigenvalue weighted by molar-refractivity contribution is -0.140. The number of fused-ring (bicyclic) bond motifs is 1. The van der Waals surface area contributed by atoms with Gasteiger partial charge in [-0.2, -0.15) is 0 Å². The Morgan fingerprint density at radius 3 is 2.06 bits per heavy atom. The van der Waals surface area contributed by atoms with Gasteiger partial charge in [0.1, 0.15) is 10.6 Å². The van der Waals surface area contributed by atoms with Crippen molar-refractivity contribution in [3.63, 3.8) is 0 Å². The number of nitrogens with one attached hydrogen (secondary N) is 1. The molecule has 2 saturated carbocycles. The maximum absolute atomic E-state index is 13.3. The van der Waals surface area contributed by atoms with Crippen molar-refractivity contribution < 1.29 is 22.7 Å². The third-order valence-electron chi connectivity index (χ3n) is 7.22. The standard InChI is InChI=1S/C24H34N2O5S/c1-31-21-14-13-17(16-26-23(27)19-11-7-8-12-20(19)24(26)28)15-22(21)32(29,30)25-18-9-5-3-2-4-6-10-18/h13-15,18-20,25H,2-12,16H2,1H3/t19-,20-/m1/s1. The number of rotatable bonds is 6. The van der Waals surface area contributed by atoms with E-state index >= 15 is 0 Å². The first-order valence-corrected chi connectivity index (χ1v) is 13.4. The molecule has 32 heavy (non-hydrogen) atoms. The van der Waals surface area contributed by atoms with E-state index < -0.39 is 10.0 Å².